The number of hydrogen-bond acceptors (Lipinski definition) is 8. The lowest BCUT2D eigenvalue weighted by atomic mass is 10.1. The van der Waals surface area contributed by atoms with Crippen molar-refractivity contribution < 1.29 is 37.6 Å². The molecular formula is C39H70NO8P. The summed E-state index contributed by atoms with van der Waals surface area (Å²) in [5.41, 5.74) is 5.32. The molecule has 3 N–H and O–H groups in total. The van der Waals surface area contributed by atoms with E-state index in [1.165, 1.54) is 57.8 Å². The van der Waals surface area contributed by atoms with Gasteiger partial charge in [0.05, 0.1) is 13.2 Å². The summed E-state index contributed by atoms with van der Waals surface area (Å²) >= 11 is 0. The minimum Gasteiger partial charge on any atom is -0.462 e. The van der Waals surface area contributed by atoms with Crippen LogP contribution in [0.4, 0.5) is 0 Å². The second-order valence-electron chi connectivity index (χ2n) is 12.4. The average Bonchev–Trinajstić information content (AvgIpc) is 3.08. The number of phosphoric ester groups is 1. The number of carbonyl (C=O) groups is 2. The maximum Gasteiger partial charge on any atom is 0.472 e. The van der Waals surface area contributed by atoms with Crippen LogP contribution in [0.3, 0.4) is 0 Å². The van der Waals surface area contributed by atoms with E-state index in [1.54, 1.807) is 0 Å². The number of allylic oxidation sites excluding steroid dienone is 8. The van der Waals surface area contributed by atoms with Gasteiger partial charge in [-0.3, -0.25) is 18.6 Å². The van der Waals surface area contributed by atoms with Gasteiger partial charge in [-0.15, -0.1) is 0 Å². The van der Waals surface area contributed by atoms with Crippen LogP contribution in [-0.4, -0.2) is 49.3 Å². The molecule has 2 atom stereocenters. The van der Waals surface area contributed by atoms with Crippen LogP contribution in [0.2, 0.25) is 0 Å². The summed E-state index contributed by atoms with van der Waals surface area (Å²) < 4.78 is 32.6. The Morgan fingerprint density at radius 1 is 0.612 bits per heavy atom. The zero-order valence-electron chi connectivity index (χ0n) is 30.9. The van der Waals surface area contributed by atoms with E-state index >= 15 is 0 Å². The number of esters is 2. The standard InChI is InChI=1S/C39H70NO8P/c1-3-5-7-9-11-13-15-17-18-20-22-24-26-28-30-32-39(42)48-37(36-47-49(43,44)46-34-33-40)35-45-38(41)31-29-27-25-23-21-19-16-14-12-10-8-6-4-2/h11,13,17-19,21-22,24,37H,3-10,12,14-16,20,23,25-36,40H2,1-2H3,(H,43,44)/b13-11+,18-17+,21-19+,24-22+/t37-/m1/s1. The summed E-state index contributed by atoms with van der Waals surface area (Å²) in [6, 6.07) is 0. The third-order valence-corrected chi connectivity index (χ3v) is 8.67. The predicted octanol–water partition coefficient (Wildman–Crippen LogP) is 10.4. The van der Waals surface area contributed by atoms with Gasteiger partial charge >= 0.3 is 19.8 Å². The molecule has 0 aliphatic heterocycles. The normalized spacial score (nSPS) is 14.0. The summed E-state index contributed by atoms with van der Waals surface area (Å²) in [7, 11) is -4.38. The summed E-state index contributed by atoms with van der Waals surface area (Å²) in [4.78, 5) is 34.7. The van der Waals surface area contributed by atoms with E-state index < -0.39 is 32.5 Å². The van der Waals surface area contributed by atoms with Crippen molar-refractivity contribution in [2.24, 2.45) is 5.73 Å². The van der Waals surface area contributed by atoms with Crippen molar-refractivity contribution in [1.82, 2.24) is 0 Å². The van der Waals surface area contributed by atoms with Gasteiger partial charge in [-0.25, -0.2) is 4.57 Å². The van der Waals surface area contributed by atoms with Crippen molar-refractivity contribution in [3.63, 3.8) is 0 Å². The SMILES string of the molecule is CCCCC/C=C/C/C=C/C/C=C/CCCCC(=O)O[C@H](COC(=O)CCCCC/C=C/CCCCCCCC)COP(=O)(O)OCCN. The molecule has 0 rings (SSSR count). The average molecular weight is 712 g/mol. The fourth-order valence-corrected chi connectivity index (χ4v) is 5.57. The molecule has 0 fully saturated rings. The van der Waals surface area contributed by atoms with Crippen LogP contribution in [0, 0.1) is 0 Å². The van der Waals surface area contributed by atoms with Gasteiger partial charge in [0.1, 0.15) is 6.61 Å². The molecule has 0 saturated heterocycles. The minimum atomic E-state index is -4.38. The van der Waals surface area contributed by atoms with Crippen LogP contribution in [0.15, 0.2) is 48.6 Å². The van der Waals surface area contributed by atoms with E-state index in [2.05, 4.69) is 62.5 Å². The molecule has 0 aromatic rings. The van der Waals surface area contributed by atoms with E-state index in [0.29, 0.717) is 12.8 Å². The third-order valence-electron chi connectivity index (χ3n) is 7.69. The summed E-state index contributed by atoms with van der Waals surface area (Å²) in [6.45, 7) is 3.61. The first-order chi connectivity index (χ1) is 23.8. The highest BCUT2D eigenvalue weighted by Crippen LogP contribution is 2.43. The molecule has 49 heavy (non-hydrogen) atoms. The first-order valence-corrected chi connectivity index (χ1v) is 20.6. The summed E-state index contributed by atoms with van der Waals surface area (Å²) in [5.74, 6) is -0.897. The molecule has 0 amide bonds. The van der Waals surface area contributed by atoms with Crippen molar-refractivity contribution in [1.29, 1.82) is 0 Å². The van der Waals surface area contributed by atoms with Gasteiger partial charge in [-0.05, 0) is 77.0 Å². The fourth-order valence-electron chi connectivity index (χ4n) is 4.81. The van der Waals surface area contributed by atoms with Gasteiger partial charge in [-0.1, -0.05) is 114 Å². The zero-order valence-corrected chi connectivity index (χ0v) is 31.8. The Morgan fingerprint density at radius 2 is 1.06 bits per heavy atom. The Kier molecular flexibility index (Phi) is 34.3. The van der Waals surface area contributed by atoms with Gasteiger partial charge in [-0.2, -0.15) is 0 Å². The number of unbranched alkanes of at least 4 members (excludes halogenated alkanes) is 14. The molecule has 1 unspecified atom stereocenters. The smallest absolute Gasteiger partial charge is 0.462 e. The quantitative estimate of drug-likeness (QED) is 0.0285. The number of carbonyl (C=O) groups excluding carboxylic acids is 2. The molecule has 0 radical (unpaired) electrons. The topological polar surface area (TPSA) is 134 Å². The monoisotopic (exact) mass is 711 g/mol. The van der Waals surface area contributed by atoms with E-state index in [0.717, 1.165) is 57.8 Å². The molecule has 0 aromatic heterocycles. The summed E-state index contributed by atoms with van der Waals surface area (Å²) in [5, 5.41) is 0. The molecule has 0 aliphatic carbocycles. The van der Waals surface area contributed by atoms with Crippen LogP contribution >= 0.6 is 7.82 Å². The number of phosphoric acid groups is 1. The molecule has 0 spiro atoms. The van der Waals surface area contributed by atoms with Crippen molar-refractivity contribution in [3.8, 4) is 0 Å². The number of ether oxygens (including phenoxy) is 2. The molecular weight excluding hydrogens is 641 g/mol. The highest BCUT2D eigenvalue weighted by atomic mass is 31.2. The first kappa shape index (κ1) is 47.0. The highest BCUT2D eigenvalue weighted by molar-refractivity contribution is 7.47. The molecule has 10 heteroatoms. The van der Waals surface area contributed by atoms with Crippen LogP contribution in [0.25, 0.3) is 0 Å². The van der Waals surface area contributed by atoms with E-state index in [-0.39, 0.29) is 32.6 Å². The Morgan fingerprint density at radius 3 is 1.67 bits per heavy atom. The van der Waals surface area contributed by atoms with Crippen molar-refractivity contribution in [3.05, 3.63) is 48.6 Å². The Bertz CT molecular complexity index is 949. The fraction of sp³-hybridized carbons (Fsp3) is 0.744. The second-order valence-corrected chi connectivity index (χ2v) is 13.9. The number of nitrogens with two attached hydrogens (primary N) is 1. The minimum absolute atomic E-state index is 0.0438. The molecule has 0 saturated carbocycles. The molecule has 9 nitrogen and oxygen atoms in total. The number of hydrogen-bond donors (Lipinski definition) is 2. The molecule has 0 bridgehead atoms. The zero-order chi connectivity index (χ0) is 36.1. The maximum atomic E-state index is 12.5. The molecule has 284 valence electrons. The Balaban J connectivity index is 4.34. The predicted molar refractivity (Wildman–Crippen MR) is 201 cm³/mol. The largest absolute Gasteiger partial charge is 0.472 e. The molecule has 0 aromatic carbocycles. The van der Waals surface area contributed by atoms with Gasteiger partial charge < -0.3 is 20.1 Å². The van der Waals surface area contributed by atoms with Crippen LogP contribution < -0.4 is 5.73 Å². The Hall–Kier alpha value is -2.03. The lowest BCUT2D eigenvalue weighted by Crippen LogP contribution is -2.29. The molecule has 0 heterocycles. The second kappa shape index (κ2) is 35.8. The summed E-state index contributed by atoms with van der Waals surface area (Å²) in [6.07, 6.45) is 38.6. The Labute approximate surface area is 298 Å². The van der Waals surface area contributed by atoms with Gasteiger partial charge in [0.25, 0.3) is 0 Å². The van der Waals surface area contributed by atoms with E-state index in [9.17, 15) is 19.0 Å². The van der Waals surface area contributed by atoms with Crippen LogP contribution in [-0.2, 0) is 32.7 Å². The van der Waals surface area contributed by atoms with Gasteiger partial charge in [0.15, 0.2) is 6.10 Å². The van der Waals surface area contributed by atoms with Crippen molar-refractivity contribution in [2.45, 2.75) is 161 Å². The van der Waals surface area contributed by atoms with E-state index in [1.807, 2.05) is 0 Å². The van der Waals surface area contributed by atoms with Crippen LogP contribution in [0.1, 0.15) is 155 Å². The van der Waals surface area contributed by atoms with Gasteiger partial charge in [0.2, 0.25) is 0 Å². The lowest BCUT2D eigenvalue weighted by Gasteiger charge is -2.19. The van der Waals surface area contributed by atoms with Crippen LogP contribution in [0.5, 0.6) is 0 Å². The lowest BCUT2D eigenvalue weighted by molar-refractivity contribution is -0.161. The van der Waals surface area contributed by atoms with Crippen molar-refractivity contribution in [2.75, 3.05) is 26.4 Å². The third kappa shape index (κ3) is 35.6. The van der Waals surface area contributed by atoms with Crippen molar-refractivity contribution >= 4 is 19.8 Å². The maximum absolute atomic E-state index is 12.5. The number of rotatable bonds is 35. The van der Waals surface area contributed by atoms with Gasteiger partial charge in [0, 0.05) is 19.4 Å². The van der Waals surface area contributed by atoms with E-state index in [4.69, 9.17) is 24.3 Å². The first-order valence-electron chi connectivity index (χ1n) is 19.1. The molecule has 0 aliphatic rings. The highest BCUT2D eigenvalue weighted by Gasteiger charge is 2.25.